The van der Waals surface area contributed by atoms with Crippen molar-refractivity contribution in [1.82, 2.24) is 0 Å². The minimum absolute atomic E-state index is 0.0953. The summed E-state index contributed by atoms with van der Waals surface area (Å²) in [6.07, 6.45) is 92.8. The number of ether oxygens (including phenoxy) is 3. The van der Waals surface area contributed by atoms with E-state index in [4.69, 9.17) is 14.2 Å². The van der Waals surface area contributed by atoms with Gasteiger partial charge in [0, 0.05) is 19.3 Å². The largest absolute Gasteiger partial charge is 0.462 e. The molecule has 0 aliphatic rings. The molecule has 0 saturated heterocycles. The molecule has 0 amide bonds. The van der Waals surface area contributed by atoms with Crippen LogP contribution in [0.4, 0.5) is 0 Å². The number of hydrogen-bond acceptors (Lipinski definition) is 6. The van der Waals surface area contributed by atoms with Gasteiger partial charge in [0.15, 0.2) is 6.10 Å². The first-order valence-electron chi connectivity index (χ1n) is 31.8. The summed E-state index contributed by atoms with van der Waals surface area (Å²) >= 11 is 0. The van der Waals surface area contributed by atoms with Crippen LogP contribution in [0.25, 0.3) is 0 Å². The fraction of sp³-hybridized carbons (Fsp3) is 0.625. The Morgan fingerprint density at radius 1 is 0.269 bits per heavy atom. The van der Waals surface area contributed by atoms with Crippen molar-refractivity contribution in [3.05, 3.63) is 146 Å². The Bertz CT molecular complexity index is 1710. The molecule has 78 heavy (non-hydrogen) atoms. The van der Waals surface area contributed by atoms with E-state index in [0.717, 1.165) is 161 Å². The number of hydrogen-bond donors (Lipinski definition) is 0. The lowest BCUT2D eigenvalue weighted by atomic mass is 10.0. The van der Waals surface area contributed by atoms with Crippen LogP contribution in [0.1, 0.15) is 271 Å². The summed E-state index contributed by atoms with van der Waals surface area (Å²) in [7, 11) is 0. The molecule has 0 aliphatic carbocycles. The molecule has 1 unspecified atom stereocenters. The van der Waals surface area contributed by atoms with Crippen LogP contribution in [0.2, 0.25) is 0 Å². The lowest BCUT2D eigenvalue weighted by molar-refractivity contribution is -0.167. The molecule has 0 saturated carbocycles. The van der Waals surface area contributed by atoms with E-state index < -0.39 is 6.10 Å². The van der Waals surface area contributed by atoms with Gasteiger partial charge in [-0.25, -0.2) is 0 Å². The maximum atomic E-state index is 12.9. The smallest absolute Gasteiger partial charge is 0.306 e. The summed E-state index contributed by atoms with van der Waals surface area (Å²) in [6, 6.07) is 0. The fourth-order valence-corrected chi connectivity index (χ4v) is 8.39. The van der Waals surface area contributed by atoms with Gasteiger partial charge in [0.2, 0.25) is 0 Å². The summed E-state index contributed by atoms with van der Waals surface area (Å²) in [5.41, 5.74) is 0. The minimum atomic E-state index is -0.802. The zero-order valence-electron chi connectivity index (χ0n) is 50.4. The second-order valence-electron chi connectivity index (χ2n) is 20.6. The average Bonchev–Trinajstić information content (AvgIpc) is 3.44. The zero-order valence-corrected chi connectivity index (χ0v) is 50.4. The van der Waals surface area contributed by atoms with Crippen molar-refractivity contribution in [2.75, 3.05) is 13.2 Å². The predicted molar refractivity (Wildman–Crippen MR) is 339 cm³/mol. The summed E-state index contributed by atoms with van der Waals surface area (Å²) in [5.74, 6) is -0.935. The Morgan fingerprint density at radius 3 is 0.782 bits per heavy atom. The third-order valence-corrected chi connectivity index (χ3v) is 13.1. The van der Waals surface area contributed by atoms with Crippen LogP contribution in [0, 0.1) is 0 Å². The molecule has 0 radical (unpaired) electrons. The van der Waals surface area contributed by atoms with Crippen LogP contribution in [-0.4, -0.2) is 37.2 Å². The molecule has 0 aliphatic heterocycles. The highest BCUT2D eigenvalue weighted by Crippen LogP contribution is 2.15. The summed E-state index contributed by atoms with van der Waals surface area (Å²) in [6.45, 7) is 6.38. The minimum Gasteiger partial charge on any atom is -0.462 e. The molecule has 0 N–H and O–H groups in total. The Kier molecular flexibility index (Phi) is 60.9. The van der Waals surface area contributed by atoms with E-state index >= 15 is 0 Å². The first kappa shape index (κ1) is 73.3. The standard InChI is InChI=1S/C72H116O6/c1-4-7-10-13-16-19-22-25-27-29-30-31-32-33-34-35-36-37-38-39-40-41-42-44-45-47-50-53-56-59-62-65-71(74)77-68-69(67-76-70(73)64-61-58-55-52-49-24-21-18-15-12-9-6-3)78-72(75)66-63-60-57-54-51-48-46-43-28-26-23-20-17-14-11-8-5-2/h7-8,10-11,16-17,19-20,25-28,30-31,33-34,36-37,39-40,42,44,46,48,69H,4-6,9,12-15,18,21-24,29,32,35,38,41,43,45,47,49-68H2,1-3H3/b10-7-,11-8-,19-16-,20-17-,27-25-,28-26-,31-30-,34-33-,37-36-,40-39-,44-42-,48-46-. The van der Waals surface area contributed by atoms with Crippen LogP contribution in [0.15, 0.2) is 146 Å². The quantitative estimate of drug-likeness (QED) is 0.0261. The second-order valence-corrected chi connectivity index (χ2v) is 20.6. The number of unbranched alkanes of at least 4 members (excludes halogenated alkanes) is 21. The van der Waals surface area contributed by atoms with Crippen molar-refractivity contribution in [1.29, 1.82) is 0 Å². The highest BCUT2D eigenvalue weighted by molar-refractivity contribution is 5.71. The maximum Gasteiger partial charge on any atom is 0.306 e. The number of carbonyl (C=O) groups excluding carboxylic acids is 3. The van der Waals surface area contributed by atoms with Crippen molar-refractivity contribution in [3.63, 3.8) is 0 Å². The number of carbonyl (C=O) groups is 3. The lowest BCUT2D eigenvalue weighted by Crippen LogP contribution is -2.30. The van der Waals surface area contributed by atoms with Crippen LogP contribution >= 0.6 is 0 Å². The fourth-order valence-electron chi connectivity index (χ4n) is 8.39. The SMILES string of the molecule is CC/C=C\C/C=C\C/C=C\C/C=C\C/C=C\C/C=C\C/C=C\C/C=C\CCCCCCCCC(=O)OCC(COC(=O)CCCCCCCCCCCCCC)OC(=O)CCCCCC/C=C\C/C=C\C/C=C\C/C=C\CC. The van der Waals surface area contributed by atoms with Crippen molar-refractivity contribution < 1.29 is 28.6 Å². The molecule has 0 heterocycles. The maximum absolute atomic E-state index is 12.9. The number of esters is 3. The molecular formula is C72H116O6. The normalized spacial score (nSPS) is 13.1. The van der Waals surface area contributed by atoms with Gasteiger partial charge in [-0.15, -0.1) is 0 Å². The highest BCUT2D eigenvalue weighted by Gasteiger charge is 2.19. The van der Waals surface area contributed by atoms with Gasteiger partial charge in [-0.05, 0) is 122 Å². The number of rotatable bonds is 56. The van der Waals surface area contributed by atoms with Gasteiger partial charge >= 0.3 is 17.9 Å². The first-order valence-corrected chi connectivity index (χ1v) is 31.8. The zero-order chi connectivity index (χ0) is 56.4. The van der Waals surface area contributed by atoms with E-state index in [2.05, 4.69) is 167 Å². The highest BCUT2D eigenvalue weighted by atomic mass is 16.6. The van der Waals surface area contributed by atoms with Gasteiger partial charge in [-0.3, -0.25) is 14.4 Å². The molecule has 0 aromatic heterocycles. The molecule has 0 rings (SSSR count). The topological polar surface area (TPSA) is 78.9 Å². The van der Waals surface area contributed by atoms with Gasteiger partial charge in [0.1, 0.15) is 13.2 Å². The van der Waals surface area contributed by atoms with Crippen molar-refractivity contribution in [2.45, 2.75) is 277 Å². The lowest BCUT2D eigenvalue weighted by Gasteiger charge is -2.18. The molecule has 0 aromatic rings. The van der Waals surface area contributed by atoms with E-state index in [1.54, 1.807) is 0 Å². The van der Waals surface area contributed by atoms with E-state index in [1.807, 2.05) is 0 Å². The molecule has 6 nitrogen and oxygen atoms in total. The predicted octanol–water partition coefficient (Wildman–Crippen LogP) is 21.9. The first-order chi connectivity index (χ1) is 38.5. The van der Waals surface area contributed by atoms with Gasteiger partial charge in [0.25, 0.3) is 0 Å². The molecular weight excluding hydrogens is 961 g/mol. The Balaban J connectivity index is 4.35. The Labute approximate surface area is 480 Å². The molecule has 0 aromatic carbocycles. The molecule has 0 bridgehead atoms. The monoisotopic (exact) mass is 1080 g/mol. The van der Waals surface area contributed by atoms with Gasteiger partial charge in [-0.1, -0.05) is 276 Å². The second kappa shape index (κ2) is 64.8. The summed E-state index contributed by atoms with van der Waals surface area (Å²) in [5, 5.41) is 0. The molecule has 0 spiro atoms. The van der Waals surface area contributed by atoms with Crippen molar-refractivity contribution in [3.8, 4) is 0 Å². The third kappa shape index (κ3) is 62.1. The van der Waals surface area contributed by atoms with Crippen molar-refractivity contribution in [2.24, 2.45) is 0 Å². The molecule has 0 fully saturated rings. The molecule has 6 heteroatoms. The van der Waals surface area contributed by atoms with Crippen LogP contribution < -0.4 is 0 Å². The average molecular weight is 1080 g/mol. The molecule has 440 valence electrons. The molecule has 1 atom stereocenters. The van der Waals surface area contributed by atoms with Crippen molar-refractivity contribution >= 4 is 17.9 Å². The van der Waals surface area contributed by atoms with Gasteiger partial charge < -0.3 is 14.2 Å². The van der Waals surface area contributed by atoms with Gasteiger partial charge in [-0.2, -0.15) is 0 Å². The Morgan fingerprint density at radius 2 is 0.500 bits per heavy atom. The summed E-state index contributed by atoms with van der Waals surface area (Å²) in [4.78, 5) is 38.2. The van der Waals surface area contributed by atoms with E-state index in [1.165, 1.54) is 70.6 Å². The third-order valence-electron chi connectivity index (χ3n) is 13.1. The van der Waals surface area contributed by atoms with Gasteiger partial charge in [0.05, 0.1) is 0 Å². The van der Waals surface area contributed by atoms with E-state index in [0.29, 0.717) is 19.3 Å². The van der Waals surface area contributed by atoms with Crippen LogP contribution in [0.3, 0.4) is 0 Å². The van der Waals surface area contributed by atoms with E-state index in [9.17, 15) is 14.4 Å². The Hall–Kier alpha value is -4.71. The van der Waals surface area contributed by atoms with Crippen LogP contribution in [-0.2, 0) is 28.6 Å². The summed E-state index contributed by atoms with van der Waals surface area (Å²) < 4.78 is 16.9. The van der Waals surface area contributed by atoms with Crippen LogP contribution in [0.5, 0.6) is 0 Å². The number of allylic oxidation sites excluding steroid dienone is 24. The van der Waals surface area contributed by atoms with E-state index in [-0.39, 0.29) is 31.1 Å².